The van der Waals surface area contributed by atoms with Crippen LogP contribution >= 0.6 is 38.9 Å². The maximum absolute atomic E-state index is 13.8. The van der Waals surface area contributed by atoms with Crippen LogP contribution in [-0.4, -0.2) is 5.11 Å². The van der Waals surface area contributed by atoms with Gasteiger partial charge in [-0.25, -0.2) is 4.39 Å². The van der Waals surface area contributed by atoms with E-state index in [4.69, 9.17) is 11.6 Å². The van der Waals surface area contributed by atoms with E-state index in [0.717, 1.165) is 0 Å². The van der Waals surface area contributed by atoms with Gasteiger partial charge in [-0.1, -0.05) is 17.7 Å². The summed E-state index contributed by atoms with van der Waals surface area (Å²) in [6.07, 6.45) is -1.02. The first kappa shape index (κ1) is 12.0. The average molecular weight is 322 g/mol. The van der Waals surface area contributed by atoms with Gasteiger partial charge in [-0.05, 0) is 39.5 Å². The molecule has 1 unspecified atom stereocenters. The Bertz CT molecular complexity index is 501. The van der Waals surface area contributed by atoms with Gasteiger partial charge in [-0.15, -0.1) is 11.3 Å². The van der Waals surface area contributed by atoms with Crippen LogP contribution in [0.15, 0.2) is 34.1 Å². The number of aliphatic hydroxyl groups is 1. The van der Waals surface area contributed by atoms with Gasteiger partial charge in [0, 0.05) is 15.5 Å². The second-order valence-corrected chi connectivity index (χ2v) is 5.42. The highest BCUT2D eigenvalue weighted by Crippen LogP contribution is 2.35. The second-order valence-electron chi connectivity index (χ2n) is 3.17. The lowest BCUT2D eigenvalue weighted by atomic mass is 10.1. The fourth-order valence-corrected chi connectivity index (χ4v) is 2.70. The summed E-state index contributed by atoms with van der Waals surface area (Å²) in [5.41, 5.74) is 0.110. The van der Waals surface area contributed by atoms with Gasteiger partial charge in [-0.3, -0.25) is 0 Å². The number of thiophene rings is 1. The topological polar surface area (TPSA) is 20.2 Å². The molecule has 1 aromatic carbocycles. The van der Waals surface area contributed by atoms with E-state index in [2.05, 4.69) is 15.9 Å². The standard InChI is InChI=1S/C11H7BrClFOS/c12-6-3-4-7(13)9(10(6)14)11(15)8-2-1-5-16-8/h1-5,11,15H. The SMILES string of the molecule is OC(c1cccs1)c1c(Cl)ccc(Br)c1F. The lowest BCUT2D eigenvalue weighted by Crippen LogP contribution is -2.02. The Morgan fingerprint density at radius 2 is 2.12 bits per heavy atom. The van der Waals surface area contributed by atoms with E-state index >= 15 is 0 Å². The molecule has 1 nitrogen and oxygen atoms in total. The number of halogens is 3. The molecule has 2 rings (SSSR count). The zero-order chi connectivity index (χ0) is 11.7. The molecule has 5 heteroatoms. The molecule has 1 aromatic heterocycles. The van der Waals surface area contributed by atoms with E-state index in [0.29, 0.717) is 9.35 Å². The van der Waals surface area contributed by atoms with Gasteiger partial charge in [0.2, 0.25) is 0 Å². The van der Waals surface area contributed by atoms with Crippen LogP contribution in [0, 0.1) is 5.82 Å². The highest BCUT2D eigenvalue weighted by molar-refractivity contribution is 9.10. The number of benzene rings is 1. The lowest BCUT2D eigenvalue weighted by molar-refractivity contribution is 0.218. The maximum atomic E-state index is 13.8. The predicted octanol–water partition coefficient (Wildman–Crippen LogP) is 4.38. The van der Waals surface area contributed by atoms with Crippen molar-refractivity contribution < 1.29 is 9.50 Å². The Labute approximate surface area is 110 Å². The fourth-order valence-electron chi connectivity index (χ4n) is 1.38. The number of hydrogen-bond donors (Lipinski definition) is 1. The van der Waals surface area contributed by atoms with Gasteiger partial charge < -0.3 is 5.11 Å². The molecule has 0 saturated heterocycles. The predicted molar refractivity (Wildman–Crippen MR) is 67.5 cm³/mol. The Hall–Kier alpha value is -0.420. The van der Waals surface area contributed by atoms with Gasteiger partial charge >= 0.3 is 0 Å². The van der Waals surface area contributed by atoms with Gasteiger partial charge in [0.25, 0.3) is 0 Å². The summed E-state index contributed by atoms with van der Waals surface area (Å²) in [4.78, 5) is 0.666. The summed E-state index contributed by atoms with van der Waals surface area (Å²) in [6, 6.07) is 6.61. The van der Waals surface area contributed by atoms with E-state index in [-0.39, 0.29) is 10.6 Å². The lowest BCUT2D eigenvalue weighted by Gasteiger charge is -2.12. The molecule has 2 aromatic rings. The Morgan fingerprint density at radius 1 is 1.38 bits per heavy atom. The van der Waals surface area contributed by atoms with Crippen LogP contribution in [0.5, 0.6) is 0 Å². The molecule has 1 atom stereocenters. The van der Waals surface area contributed by atoms with E-state index < -0.39 is 11.9 Å². The summed E-state index contributed by atoms with van der Waals surface area (Å²) in [6.45, 7) is 0. The van der Waals surface area contributed by atoms with Crippen LogP contribution in [0.2, 0.25) is 5.02 Å². The molecule has 0 aliphatic carbocycles. The molecule has 0 aliphatic rings. The summed E-state index contributed by atoms with van der Waals surface area (Å²) in [5.74, 6) is -0.520. The Kier molecular flexibility index (Phi) is 3.64. The summed E-state index contributed by atoms with van der Waals surface area (Å²) >= 11 is 10.3. The van der Waals surface area contributed by atoms with Gasteiger partial charge in [0.1, 0.15) is 11.9 Å². The molecule has 0 aliphatic heterocycles. The normalized spacial score (nSPS) is 12.8. The minimum atomic E-state index is -1.02. The first-order valence-electron chi connectivity index (χ1n) is 4.46. The molecule has 84 valence electrons. The highest BCUT2D eigenvalue weighted by atomic mass is 79.9. The zero-order valence-corrected chi connectivity index (χ0v) is 11.1. The van der Waals surface area contributed by atoms with Crippen molar-refractivity contribution in [2.24, 2.45) is 0 Å². The Morgan fingerprint density at radius 3 is 2.75 bits per heavy atom. The van der Waals surface area contributed by atoms with E-state index in [1.165, 1.54) is 17.4 Å². The van der Waals surface area contributed by atoms with Gasteiger partial charge in [0.05, 0.1) is 4.47 Å². The molecule has 16 heavy (non-hydrogen) atoms. The number of aliphatic hydroxyl groups excluding tert-OH is 1. The highest BCUT2D eigenvalue weighted by Gasteiger charge is 2.21. The fraction of sp³-hybridized carbons (Fsp3) is 0.0909. The van der Waals surface area contributed by atoms with Gasteiger partial charge in [-0.2, -0.15) is 0 Å². The van der Waals surface area contributed by atoms with Crippen LogP contribution in [0.25, 0.3) is 0 Å². The molecule has 0 amide bonds. The Balaban J connectivity index is 2.52. The van der Waals surface area contributed by atoms with Crippen molar-refractivity contribution >= 4 is 38.9 Å². The molecular weight excluding hydrogens is 315 g/mol. The third kappa shape index (κ3) is 2.15. The van der Waals surface area contributed by atoms with Crippen molar-refractivity contribution in [3.05, 3.63) is 55.4 Å². The van der Waals surface area contributed by atoms with Crippen LogP contribution in [0.4, 0.5) is 4.39 Å². The van der Waals surface area contributed by atoms with Gasteiger partial charge in [0.15, 0.2) is 0 Å². The van der Waals surface area contributed by atoms with Crippen molar-refractivity contribution in [3.63, 3.8) is 0 Å². The van der Waals surface area contributed by atoms with E-state index in [9.17, 15) is 9.50 Å². The van der Waals surface area contributed by atoms with E-state index in [1.54, 1.807) is 18.2 Å². The third-order valence-electron chi connectivity index (χ3n) is 2.17. The molecule has 1 heterocycles. The largest absolute Gasteiger partial charge is 0.383 e. The number of rotatable bonds is 2. The third-order valence-corrected chi connectivity index (χ3v) is 4.03. The smallest absolute Gasteiger partial charge is 0.145 e. The molecule has 0 spiro atoms. The molecular formula is C11H7BrClFOS. The summed E-state index contributed by atoms with van der Waals surface area (Å²) in [5, 5.41) is 12.1. The zero-order valence-electron chi connectivity index (χ0n) is 7.95. The summed E-state index contributed by atoms with van der Waals surface area (Å²) < 4.78 is 14.1. The minimum Gasteiger partial charge on any atom is -0.383 e. The molecule has 1 N–H and O–H groups in total. The first-order chi connectivity index (χ1) is 7.61. The molecule has 0 bridgehead atoms. The van der Waals surface area contributed by atoms with Crippen molar-refractivity contribution in [2.75, 3.05) is 0 Å². The molecule has 0 saturated carbocycles. The van der Waals surface area contributed by atoms with E-state index in [1.807, 2.05) is 5.38 Å². The van der Waals surface area contributed by atoms with Crippen molar-refractivity contribution in [3.8, 4) is 0 Å². The minimum absolute atomic E-state index is 0.110. The second kappa shape index (κ2) is 4.84. The van der Waals surface area contributed by atoms with Crippen LogP contribution in [-0.2, 0) is 0 Å². The van der Waals surface area contributed by atoms with Crippen molar-refractivity contribution in [1.29, 1.82) is 0 Å². The van der Waals surface area contributed by atoms with Crippen LogP contribution in [0.3, 0.4) is 0 Å². The quantitative estimate of drug-likeness (QED) is 0.814. The molecule has 0 fully saturated rings. The first-order valence-corrected chi connectivity index (χ1v) is 6.51. The summed E-state index contributed by atoms with van der Waals surface area (Å²) in [7, 11) is 0. The van der Waals surface area contributed by atoms with Crippen LogP contribution < -0.4 is 0 Å². The van der Waals surface area contributed by atoms with Crippen molar-refractivity contribution in [2.45, 2.75) is 6.10 Å². The maximum Gasteiger partial charge on any atom is 0.145 e. The molecule has 0 radical (unpaired) electrons. The average Bonchev–Trinajstić information content (AvgIpc) is 2.77. The van der Waals surface area contributed by atoms with Crippen LogP contribution in [0.1, 0.15) is 16.5 Å². The monoisotopic (exact) mass is 320 g/mol. The number of hydrogen-bond acceptors (Lipinski definition) is 2. The van der Waals surface area contributed by atoms with Crippen molar-refractivity contribution in [1.82, 2.24) is 0 Å².